The summed E-state index contributed by atoms with van der Waals surface area (Å²) >= 11 is 0. The molecule has 0 saturated carbocycles. The van der Waals surface area contributed by atoms with Gasteiger partial charge >= 0.3 is 0 Å². The number of nitrogens with two attached hydrogens (primary N) is 1. The molecular weight excluding hydrogens is 190 g/mol. The SMILES string of the molecule is CCC(CC)(C(N)=O)C(C)C(C)(C)CO. The summed E-state index contributed by atoms with van der Waals surface area (Å²) in [7, 11) is 0. The van der Waals surface area contributed by atoms with E-state index in [9.17, 15) is 9.90 Å². The molecule has 15 heavy (non-hydrogen) atoms. The van der Waals surface area contributed by atoms with Crippen LogP contribution in [0.25, 0.3) is 0 Å². The molecule has 3 nitrogen and oxygen atoms in total. The second kappa shape index (κ2) is 4.97. The maximum Gasteiger partial charge on any atom is 0.223 e. The fourth-order valence-electron chi connectivity index (χ4n) is 2.31. The first-order valence-electron chi connectivity index (χ1n) is 5.69. The largest absolute Gasteiger partial charge is 0.396 e. The topological polar surface area (TPSA) is 63.3 Å². The van der Waals surface area contributed by atoms with Crippen molar-refractivity contribution in [3.63, 3.8) is 0 Å². The van der Waals surface area contributed by atoms with Crippen LogP contribution in [0.1, 0.15) is 47.5 Å². The predicted molar refractivity (Wildman–Crippen MR) is 62.2 cm³/mol. The lowest BCUT2D eigenvalue weighted by molar-refractivity contribution is -0.135. The Morgan fingerprint density at radius 2 is 1.73 bits per heavy atom. The molecule has 3 N–H and O–H groups in total. The van der Waals surface area contributed by atoms with Crippen LogP contribution in [-0.2, 0) is 4.79 Å². The van der Waals surface area contributed by atoms with E-state index in [2.05, 4.69) is 0 Å². The predicted octanol–water partition coefficient (Wildman–Crippen LogP) is 1.93. The lowest BCUT2D eigenvalue weighted by Crippen LogP contribution is -2.47. The highest BCUT2D eigenvalue weighted by Crippen LogP contribution is 2.44. The zero-order valence-corrected chi connectivity index (χ0v) is 10.6. The zero-order chi connectivity index (χ0) is 12.3. The summed E-state index contributed by atoms with van der Waals surface area (Å²) in [5.74, 6) is -0.177. The van der Waals surface area contributed by atoms with Crippen molar-refractivity contribution in [3.05, 3.63) is 0 Å². The van der Waals surface area contributed by atoms with Crippen LogP contribution in [-0.4, -0.2) is 17.6 Å². The average molecular weight is 215 g/mol. The van der Waals surface area contributed by atoms with Crippen molar-refractivity contribution in [1.82, 2.24) is 0 Å². The van der Waals surface area contributed by atoms with Gasteiger partial charge in [0.2, 0.25) is 5.91 Å². The lowest BCUT2D eigenvalue weighted by Gasteiger charge is -2.43. The molecule has 1 amide bonds. The number of amides is 1. The highest BCUT2D eigenvalue weighted by molar-refractivity contribution is 5.81. The summed E-state index contributed by atoms with van der Waals surface area (Å²) in [6.45, 7) is 9.99. The Labute approximate surface area is 93.0 Å². The first-order chi connectivity index (χ1) is 6.78. The van der Waals surface area contributed by atoms with E-state index >= 15 is 0 Å². The summed E-state index contributed by atoms with van der Waals surface area (Å²) < 4.78 is 0. The molecule has 0 aromatic heterocycles. The zero-order valence-electron chi connectivity index (χ0n) is 10.6. The van der Waals surface area contributed by atoms with Crippen LogP contribution in [0.5, 0.6) is 0 Å². The van der Waals surface area contributed by atoms with Crippen molar-refractivity contribution in [2.45, 2.75) is 47.5 Å². The van der Waals surface area contributed by atoms with Gasteiger partial charge in [0.1, 0.15) is 0 Å². The van der Waals surface area contributed by atoms with Crippen molar-refractivity contribution < 1.29 is 9.90 Å². The van der Waals surface area contributed by atoms with E-state index in [0.717, 1.165) is 12.8 Å². The van der Waals surface area contributed by atoms with Gasteiger partial charge in [0, 0.05) is 6.61 Å². The van der Waals surface area contributed by atoms with E-state index in [-0.39, 0.29) is 23.8 Å². The molecule has 0 radical (unpaired) electrons. The summed E-state index contributed by atoms with van der Waals surface area (Å²) in [6, 6.07) is 0. The van der Waals surface area contributed by atoms with Gasteiger partial charge in [0.25, 0.3) is 0 Å². The van der Waals surface area contributed by atoms with E-state index in [4.69, 9.17) is 5.73 Å². The highest BCUT2D eigenvalue weighted by atomic mass is 16.3. The van der Waals surface area contributed by atoms with Gasteiger partial charge in [-0.25, -0.2) is 0 Å². The Kier molecular flexibility index (Phi) is 4.78. The maximum atomic E-state index is 11.6. The van der Waals surface area contributed by atoms with Crippen LogP contribution < -0.4 is 5.73 Å². The molecule has 0 saturated heterocycles. The minimum Gasteiger partial charge on any atom is -0.396 e. The molecule has 1 atom stereocenters. The van der Waals surface area contributed by atoms with Gasteiger partial charge in [-0.05, 0) is 24.2 Å². The molecule has 0 aliphatic heterocycles. The van der Waals surface area contributed by atoms with E-state index in [0.29, 0.717) is 0 Å². The van der Waals surface area contributed by atoms with E-state index < -0.39 is 5.41 Å². The molecule has 3 heteroatoms. The monoisotopic (exact) mass is 215 g/mol. The van der Waals surface area contributed by atoms with Crippen molar-refractivity contribution in [2.75, 3.05) is 6.61 Å². The van der Waals surface area contributed by atoms with E-state index in [1.54, 1.807) is 0 Å². The Morgan fingerprint density at radius 1 is 1.33 bits per heavy atom. The van der Waals surface area contributed by atoms with Crippen molar-refractivity contribution in [2.24, 2.45) is 22.5 Å². The normalized spacial score (nSPS) is 15.1. The number of rotatable bonds is 6. The molecule has 0 heterocycles. The molecule has 0 bridgehead atoms. The first-order valence-corrected chi connectivity index (χ1v) is 5.69. The average Bonchev–Trinajstić information content (AvgIpc) is 2.19. The third kappa shape index (κ3) is 2.51. The Hall–Kier alpha value is -0.570. The van der Waals surface area contributed by atoms with Gasteiger partial charge in [-0.1, -0.05) is 34.6 Å². The molecule has 0 rings (SSSR count). The smallest absolute Gasteiger partial charge is 0.223 e. The Morgan fingerprint density at radius 3 is 1.93 bits per heavy atom. The van der Waals surface area contributed by atoms with Gasteiger partial charge in [0.15, 0.2) is 0 Å². The highest BCUT2D eigenvalue weighted by Gasteiger charge is 2.45. The van der Waals surface area contributed by atoms with Gasteiger partial charge in [0.05, 0.1) is 5.41 Å². The fraction of sp³-hybridized carbons (Fsp3) is 0.917. The minimum atomic E-state index is -0.494. The number of aliphatic hydroxyl groups excluding tert-OH is 1. The number of hydrogen-bond acceptors (Lipinski definition) is 2. The molecule has 0 aromatic rings. The van der Waals surface area contributed by atoms with Crippen molar-refractivity contribution >= 4 is 5.91 Å². The van der Waals surface area contributed by atoms with E-state index in [1.165, 1.54) is 0 Å². The number of aliphatic hydroxyl groups is 1. The van der Waals surface area contributed by atoms with Gasteiger partial charge < -0.3 is 10.8 Å². The number of carbonyl (C=O) groups excluding carboxylic acids is 1. The number of primary amides is 1. The molecule has 0 aliphatic carbocycles. The molecule has 0 spiro atoms. The Bertz CT molecular complexity index is 220. The van der Waals surface area contributed by atoms with Crippen LogP contribution >= 0.6 is 0 Å². The second-order valence-electron chi connectivity index (χ2n) is 5.10. The van der Waals surface area contributed by atoms with Gasteiger partial charge in [-0.3, -0.25) is 4.79 Å². The number of hydrogen-bond donors (Lipinski definition) is 2. The third-order valence-corrected chi connectivity index (χ3v) is 4.16. The van der Waals surface area contributed by atoms with Crippen molar-refractivity contribution in [1.29, 1.82) is 0 Å². The maximum absolute atomic E-state index is 11.6. The van der Waals surface area contributed by atoms with Crippen LogP contribution in [0.15, 0.2) is 0 Å². The minimum absolute atomic E-state index is 0.0718. The third-order valence-electron chi connectivity index (χ3n) is 4.16. The summed E-state index contributed by atoms with van der Waals surface area (Å²) in [6.07, 6.45) is 1.45. The summed E-state index contributed by atoms with van der Waals surface area (Å²) in [5.41, 5.74) is 4.75. The standard InChI is InChI=1S/C12H25NO2/c1-6-12(7-2,10(13)15)9(3)11(4,5)8-14/h9,14H,6-8H2,1-5H3,(H2,13,15). The molecule has 0 aromatic carbocycles. The van der Waals surface area contributed by atoms with Gasteiger partial charge in [-0.15, -0.1) is 0 Å². The van der Waals surface area contributed by atoms with Gasteiger partial charge in [-0.2, -0.15) is 0 Å². The molecule has 1 unspecified atom stereocenters. The first kappa shape index (κ1) is 14.4. The molecular formula is C12H25NO2. The second-order valence-corrected chi connectivity index (χ2v) is 5.10. The lowest BCUT2D eigenvalue weighted by atomic mass is 9.61. The summed E-state index contributed by atoms with van der Waals surface area (Å²) in [5, 5.41) is 9.35. The molecule has 0 fully saturated rings. The van der Waals surface area contributed by atoms with Crippen LogP contribution in [0.3, 0.4) is 0 Å². The van der Waals surface area contributed by atoms with Crippen LogP contribution in [0.2, 0.25) is 0 Å². The van der Waals surface area contributed by atoms with Crippen molar-refractivity contribution in [3.8, 4) is 0 Å². The molecule has 90 valence electrons. The fourth-order valence-corrected chi connectivity index (χ4v) is 2.31. The Balaban J connectivity index is 5.18. The van der Waals surface area contributed by atoms with Crippen LogP contribution in [0.4, 0.5) is 0 Å². The van der Waals surface area contributed by atoms with Crippen LogP contribution in [0, 0.1) is 16.7 Å². The quantitative estimate of drug-likeness (QED) is 0.711. The van der Waals surface area contributed by atoms with E-state index in [1.807, 2.05) is 34.6 Å². The number of carbonyl (C=O) groups is 1. The summed E-state index contributed by atoms with van der Waals surface area (Å²) in [4.78, 5) is 11.6. The molecule has 0 aliphatic rings.